The molecule has 0 aromatic rings. The molecule has 0 heterocycles. The molecule has 0 aromatic heterocycles. The first-order valence-corrected chi connectivity index (χ1v) is 9.00. The zero-order chi connectivity index (χ0) is 17.4. The highest BCUT2D eigenvalue weighted by Crippen LogP contribution is 2.52. The van der Waals surface area contributed by atoms with Gasteiger partial charge in [0.25, 0.3) is 0 Å². The van der Waals surface area contributed by atoms with Crippen molar-refractivity contribution in [3.05, 3.63) is 0 Å². The number of carbonyl (C=O) groups is 2. The molecular weight excluding hydrogens is 292 g/mol. The summed E-state index contributed by atoms with van der Waals surface area (Å²) in [4.78, 5) is 24.5. The van der Waals surface area contributed by atoms with Gasteiger partial charge >= 0.3 is 11.9 Å². The van der Waals surface area contributed by atoms with Gasteiger partial charge in [-0.3, -0.25) is 4.79 Å². The van der Waals surface area contributed by atoms with Gasteiger partial charge in [0.05, 0.1) is 5.41 Å². The van der Waals surface area contributed by atoms with Crippen LogP contribution in [-0.4, -0.2) is 23.6 Å². The SMILES string of the molecule is CCC(C)(C)C(=O)OC(C)C(=O)OC(C)(C)C1CC2CCC1C2. The van der Waals surface area contributed by atoms with Gasteiger partial charge in [-0.15, -0.1) is 0 Å². The third-order valence-corrected chi connectivity index (χ3v) is 6.05. The Morgan fingerprint density at radius 1 is 1.13 bits per heavy atom. The number of fused-ring (bicyclic) bond motifs is 2. The molecule has 4 nitrogen and oxygen atoms in total. The van der Waals surface area contributed by atoms with Crippen LogP contribution in [0, 0.1) is 23.2 Å². The molecule has 4 heteroatoms. The largest absolute Gasteiger partial charge is 0.457 e. The predicted octanol–water partition coefficient (Wildman–Crippen LogP) is 4.11. The Hall–Kier alpha value is -1.06. The monoisotopic (exact) mass is 324 g/mol. The average Bonchev–Trinajstić information content (AvgIpc) is 3.09. The molecule has 0 aromatic carbocycles. The highest BCUT2D eigenvalue weighted by Gasteiger charge is 2.48. The summed E-state index contributed by atoms with van der Waals surface area (Å²) in [5, 5.41) is 0. The minimum atomic E-state index is -0.855. The lowest BCUT2D eigenvalue weighted by Gasteiger charge is -2.37. The van der Waals surface area contributed by atoms with Crippen LogP contribution in [0.5, 0.6) is 0 Å². The van der Waals surface area contributed by atoms with Crippen LogP contribution >= 0.6 is 0 Å². The number of hydrogen-bond acceptors (Lipinski definition) is 4. The van der Waals surface area contributed by atoms with Crippen LogP contribution in [0.1, 0.15) is 73.6 Å². The van der Waals surface area contributed by atoms with Gasteiger partial charge in [0, 0.05) is 5.92 Å². The predicted molar refractivity (Wildman–Crippen MR) is 88.7 cm³/mol. The molecule has 2 aliphatic carbocycles. The zero-order valence-corrected chi connectivity index (χ0v) is 15.5. The molecule has 2 rings (SSSR count). The summed E-state index contributed by atoms with van der Waals surface area (Å²) in [6, 6.07) is 0. The molecule has 2 fully saturated rings. The second-order valence-electron chi connectivity index (χ2n) is 8.59. The van der Waals surface area contributed by atoms with Crippen molar-refractivity contribution < 1.29 is 19.1 Å². The van der Waals surface area contributed by atoms with E-state index >= 15 is 0 Å². The molecule has 0 N–H and O–H groups in total. The molecule has 4 atom stereocenters. The van der Waals surface area contributed by atoms with Gasteiger partial charge in [0.1, 0.15) is 5.60 Å². The molecule has 2 saturated carbocycles. The fourth-order valence-electron chi connectivity index (χ4n) is 4.03. The number of rotatable bonds is 6. The minimum Gasteiger partial charge on any atom is -0.457 e. The first kappa shape index (κ1) is 18.3. The van der Waals surface area contributed by atoms with E-state index in [2.05, 4.69) is 0 Å². The van der Waals surface area contributed by atoms with E-state index < -0.39 is 23.1 Å². The van der Waals surface area contributed by atoms with Gasteiger partial charge in [-0.05, 0) is 72.1 Å². The Morgan fingerprint density at radius 2 is 1.78 bits per heavy atom. The highest BCUT2D eigenvalue weighted by molar-refractivity contribution is 5.81. The third-order valence-electron chi connectivity index (χ3n) is 6.05. The molecule has 0 radical (unpaired) electrons. The van der Waals surface area contributed by atoms with E-state index in [4.69, 9.17) is 9.47 Å². The van der Waals surface area contributed by atoms with E-state index in [1.807, 2.05) is 34.6 Å². The molecule has 23 heavy (non-hydrogen) atoms. The molecule has 2 bridgehead atoms. The van der Waals surface area contributed by atoms with Crippen molar-refractivity contribution in [2.75, 3.05) is 0 Å². The van der Waals surface area contributed by atoms with E-state index in [1.54, 1.807) is 6.92 Å². The zero-order valence-electron chi connectivity index (χ0n) is 15.5. The molecule has 0 amide bonds. The second kappa shape index (κ2) is 6.45. The smallest absolute Gasteiger partial charge is 0.347 e. The summed E-state index contributed by atoms with van der Waals surface area (Å²) in [6.07, 6.45) is 4.83. The number of ether oxygens (including phenoxy) is 2. The summed E-state index contributed by atoms with van der Waals surface area (Å²) < 4.78 is 11.1. The summed E-state index contributed by atoms with van der Waals surface area (Å²) in [5.74, 6) is 1.14. The van der Waals surface area contributed by atoms with Gasteiger partial charge in [-0.25, -0.2) is 4.79 Å². The average molecular weight is 324 g/mol. The molecule has 132 valence electrons. The van der Waals surface area contributed by atoms with E-state index in [9.17, 15) is 9.59 Å². The molecule has 2 aliphatic rings. The number of hydrogen-bond donors (Lipinski definition) is 0. The third kappa shape index (κ3) is 3.89. The van der Waals surface area contributed by atoms with Crippen LogP contribution in [0.25, 0.3) is 0 Å². The van der Waals surface area contributed by atoms with Crippen molar-refractivity contribution in [2.24, 2.45) is 23.2 Å². The maximum Gasteiger partial charge on any atom is 0.347 e. The molecule has 4 unspecified atom stereocenters. The van der Waals surface area contributed by atoms with Crippen molar-refractivity contribution in [1.82, 2.24) is 0 Å². The lowest BCUT2D eigenvalue weighted by atomic mass is 9.78. The Bertz CT molecular complexity index is 466. The Morgan fingerprint density at radius 3 is 2.26 bits per heavy atom. The Kier molecular flexibility index (Phi) is 5.12. The topological polar surface area (TPSA) is 52.6 Å². The van der Waals surface area contributed by atoms with E-state index in [-0.39, 0.29) is 5.97 Å². The summed E-state index contributed by atoms with van der Waals surface area (Å²) in [6.45, 7) is 11.2. The van der Waals surface area contributed by atoms with Crippen molar-refractivity contribution in [3.63, 3.8) is 0 Å². The Labute approximate surface area is 140 Å². The van der Waals surface area contributed by atoms with E-state index in [0.29, 0.717) is 18.3 Å². The molecular formula is C19H32O4. The van der Waals surface area contributed by atoms with Gasteiger partial charge in [0.15, 0.2) is 6.10 Å². The van der Waals surface area contributed by atoms with Gasteiger partial charge in [-0.1, -0.05) is 13.3 Å². The van der Waals surface area contributed by atoms with E-state index in [1.165, 1.54) is 19.3 Å². The maximum atomic E-state index is 12.4. The maximum absolute atomic E-state index is 12.4. The van der Waals surface area contributed by atoms with Gasteiger partial charge < -0.3 is 9.47 Å². The molecule has 0 aliphatic heterocycles. The van der Waals surface area contributed by atoms with Crippen LogP contribution in [0.3, 0.4) is 0 Å². The first-order valence-electron chi connectivity index (χ1n) is 9.00. The van der Waals surface area contributed by atoms with Crippen molar-refractivity contribution in [1.29, 1.82) is 0 Å². The first-order chi connectivity index (χ1) is 10.6. The van der Waals surface area contributed by atoms with E-state index in [0.717, 1.165) is 12.3 Å². The van der Waals surface area contributed by atoms with Gasteiger partial charge in [0.2, 0.25) is 0 Å². The van der Waals surface area contributed by atoms with Crippen molar-refractivity contribution >= 4 is 11.9 Å². The fourth-order valence-corrected chi connectivity index (χ4v) is 4.03. The Balaban J connectivity index is 1.91. The highest BCUT2D eigenvalue weighted by atomic mass is 16.6. The summed E-state index contributed by atoms with van der Waals surface area (Å²) >= 11 is 0. The van der Waals surface area contributed by atoms with Gasteiger partial charge in [-0.2, -0.15) is 0 Å². The minimum absolute atomic E-state index is 0.345. The summed E-state index contributed by atoms with van der Waals surface area (Å²) in [5.41, 5.74) is -1.06. The fraction of sp³-hybridized carbons (Fsp3) is 0.895. The standard InChI is InChI=1S/C19H32O4/c1-7-18(3,4)17(21)22-12(2)16(20)23-19(5,6)15-11-13-8-9-14(15)10-13/h12-15H,7-11H2,1-6H3. The molecule has 0 spiro atoms. The summed E-state index contributed by atoms with van der Waals surface area (Å²) in [7, 11) is 0. The number of esters is 2. The van der Waals surface area contributed by atoms with Crippen LogP contribution in [0.2, 0.25) is 0 Å². The van der Waals surface area contributed by atoms with Crippen LogP contribution < -0.4 is 0 Å². The van der Waals surface area contributed by atoms with Crippen molar-refractivity contribution in [3.8, 4) is 0 Å². The number of carbonyl (C=O) groups excluding carboxylic acids is 2. The van der Waals surface area contributed by atoms with Crippen LogP contribution in [0.15, 0.2) is 0 Å². The van der Waals surface area contributed by atoms with Crippen LogP contribution in [0.4, 0.5) is 0 Å². The lowest BCUT2D eigenvalue weighted by Crippen LogP contribution is -2.43. The van der Waals surface area contributed by atoms with Crippen LogP contribution in [-0.2, 0) is 19.1 Å². The van der Waals surface area contributed by atoms with Crippen molar-refractivity contribution in [2.45, 2.75) is 85.4 Å². The second-order valence-corrected chi connectivity index (χ2v) is 8.59. The molecule has 0 saturated heterocycles. The lowest BCUT2D eigenvalue weighted by molar-refractivity contribution is -0.184. The quantitative estimate of drug-likeness (QED) is 0.690. The normalized spacial score (nSPS) is 28.5.